The molecule has 1 atom stereocenters. The minimum absolute atomic E-state index is 0.0353. The van der Waals surface area contributed by atoms with Crippen LogP contribution in [-0.4, -0.2) is 29.9 Å². The molecular formula is C15H19FN2O3. The van der Waals surface area contributed by atoms with Crippen LogP contribution < -0.4 is 10.2 Å². The van der Waals surface area contributed by atoms with Crippen LogP contribution in [0.3, 0.4) is 0 Å². The second-order valence-electron chi connectivity index (χ2n) is 5.11. The largest absolute Gasteiger partial charge is 0.493 e. The molecule has 1 aromatic carbocycles. The Bertz CT molecular complexity index is 572. The zero-order valence-corrected chi connectivity index (χ0v) is 12.1. The van der Waals surface area contributed by atoms with E-state index in [2.05, 4.69) is 10.5 Å². The van der Waals surface area contributed by atoms with Crippen molar-refractivity contribution in [1.82, 2.24) is 5.43 Å². The second kappa shape index (κ2) is 6.67. The highest BCUT2D eigenvalue weighted by atomic mass is 19.1. The first kappa shape index (κ1) is 15.4. The van der Waals surface area contributed by atoms with E-state index < -0.39 is 5.82 Å². The monoisotopic (exact) mass is 294 g/mol. The normalized spacial score (nSPS) is 18.2. The molecule has 0 fully saturated rings. The number of aliphatic hydroxyl groups is 1. The van der Waals surface area contributed by atoms with Crippen LogP contribution in [0, 0.1) is 18.7 Å². The zero-order valence-electron chi connectivity index (χ0n) is 12.1. The third kappa shape index (κ3) is 3.39. The summed E-state index contributed by atoms with van der Waals surface area (Å²) in [7, 11) is 0. The van der Waals surface area contributed by atoms with Crippen molar-refractivity contribution in [3.63, 3.8) is 0 Å². The number of nitrogens with zero attached hydrogens (tertiary/aromatic N) is 1. The number of halogens is 1. The van der Waals surface area contributed by atoms with Crippen molar-refractivity contribution in [3.05, 3.63) is 29.1 Å². The first-order valence-electron chi connectivity index (χ1n) is 6.94. The molecule has 5 nitrogen and oxygen atoms in total. The lowest BCUT2D eigenvalue weighted by Gasteiger charge is -2.20. The van der Waals surface area contributed by atoms with Gasteiger partial charge < -0.3 is 9.84 Å². The molecule has 1 unspecified atom stereocenters. The third-order valence-corrected chi connectivity index (χ3v) is 3.43. The summed E-state index contributed by atoms with van der Waals surface area (Å²) < 4.78 is 19.9. The van der Waals surface area contributed by atoms with E-state index in [9.17, 15) is 9.18 Å². The predicted molar refractivity (Wildman–Crippen MR) is 76.8 cm³/mol. The lowest BCUT2D eigenvalue weighted by atomic mass is 9.92. The van der Waals surface area contributed by atoms with Crippen molar-refractivity contribution in [2.75, 3.05) is 13.2 Å². The molecule has 0 spiro atoms. The fourth-order valence-corrected chi connectivity index (χ4v) is 2.25. The maximum Gasteiger partial charge on any atom is 0.240 e. The number of carbonyl (C=O) groups excluding carboxylic acids is 1. The van der Waals surface area contributed by atoms with Crippen LogP contribution in [0.25, 0.3) is 0 Å². The van der Waals surface area contributed by atoms with E-state index >= 15 is 0 Å². The average Bonchev–Trinajstić information content (AvgIpc) is 2.45. The summed E-state index contributed by atoms with van der Waals surface area (Å²) in [6, 6.07) is 3.31. The van der Waals surface area contributed by atoms with Crippen LogP contribution in [0.4, 0.5) is 4.39 Å². The van der Waals surface area contributed by atoms with Crippen molar-refractivity contribution in [1.29, 1.82) is 0 Å². The average molecular weight is 294 g/mol. The number of carbonyl (C=O) groups is 1. The standard InChI is InChI=1S/C15H19FN2O3/c1-9-8-13(20)17-18-15(9)11-4-5-12(10(2)14(11)16)21-7-3-6-19/h4-5,9,19H,3,6-8H2,1-2H3,(H,17,20). The number of benzene rings is 1. The molecule has 0 saturated heterocycles. The van der Waals surface area contributed by atoms with Crippen LogP contribution >= 0.6 is 0 Å². The van der Waals surface area contributed by atoms with Gasteiger partial charge in [-0.15, -0.1) is 0 Å². The Labute approximate surface area is 122 Å². The molecule has 1 aromatic rings. The molecule has 114 valence electrons. The minimum Gasteiger partial charge on any atom is -0.493 e. The van der Waals surface area contributed by atoms with E-state index in [1.165, 1.54) is 0 Å². The van der Waals surface area contributed by atoms with Crippen LogP contribution in [0.5, 0.6) is 5.75 Å². The first-order chi connectivity index (χ1) is 10.0. The van der Waals surface area contributed by atoms with Gasteiger partial charge in [0.1, 0.15) is 11.6 Å². The molecule has 0 bridgehead atoms. The molecule has 0 aromatic heterocycles. The number of rotatable bonds is 5. The van der Waals surface area contributed by atoms with Gasteiger partial charge in [0, 0.05) is 36.5 Å². The summed E-state index contributed by atoms with van der Waals surface area (Å²) in [6.45, 7) is 3.86. The SMILES string of the molecule is Cc1c(OCCCO)ccc(C2=NNC(=O)CC2C)c1F. The van der Waals surface area contributed by atoms with Crippen LogP contribution in [0.15, 0.2) is 17.2 Å². The molecule has 2 N–H and O–H groups in total. The Hall–Kier alpha value is -1.95. The van der Waals surface area contributed by atoms with Crippen molar-refractivity contribution >= 4 is 11.6 Å². The maximum atomic E-state index is 14.5. The molecule has 0 saturated carbocycles. The van der Waals surface area contributed by atoms with Crippen molar-refractivity contribution in [3.8, 4) is 5.75 Å². The Morgan fingerprint density at radius 3 is 2.95 bits per heavy atom. The van der Waals surface area contributed by atoms with E-state index in [1.807, 2.05) is 6.92 Å². The van der Waals surface area contributed by atoms with E-state index in [1.54, 1.807) is 19.1 Å². The highest BCUT2D eigenvalue weighted by Gasteiger charge is 2.25. The third-order valence-electron chi connectivity index (χ3n) is 3.43. The molecule has 1 aliphatic rings. The molecule has 0 aliphatic carbocycles. The Morgan fingerprint density at radius 2 is 2.29 bits per heavy atom. The smallest absolute Gasteiger partial charge is 0.240 e. The van der Waals surface area contributed by atoms with Gasteiger partial charge in [0.15, 0.2) is 0 Å². The lowest BCUT2D eigenvalue weighted by Crippen LogP contribution is -2.32. The van der Waals surface area contributed by atoms with Crippen molar-refractivity contribution in [2.24, 2.45) is 11.0 Å². The number of amides is 1. The Kier molecular flexibility index (Phi) is 4.90. The van der Waals surface area contributed by atoms with Gasteiger partial charge in [-0.1, -0.05) is 6.92 Å². The van der Waals surface area contributed by atoms with Gasteiger partial charge in [0.25, 0.3) is 0 Å². The van der Waals surface area contributed by atoms with Gasteiger partial charge in [-0.2, -0.15) is 5.10 Å². The number of nitrogens with one attached hydrogen (secondary N) is 1. The summed E-state index contributed by atoms with van der Waals surface area (Å²) in [4.78, 5) is 11.3. The van der Waals surface area contributed by atoms with E-state index in [-0.39, 0.29) is 18.4 Å². The predicted octanol–water partition coefficient (Wildman–Crippen LogP) is 1.76. The maximum absolute atomic E-state index is 14.5. The zero-order chi connectivity index (χ0) is 15.4. The summed E-state index contributed by atoms with van der Waals surface area (Å²) in [5.74, 6) is -0.225. The van der Waals surface area contributed by atoms with E-state index in [0.29, 0.717) is 42.0 Å². The topological polar surface area (TPSA) is 70.9 Å². The molecule has 2 rings (SSSR count). The van der Waals surface area contributed by atoms with Gasteiger partial charge in [0.2, 0.25) is 5.91 Å². The van der Waals surface area contributed by atoms with Gasteiger partial charge in [-0.3, -0.25) is 4.79 Å². The fraction of sp³-hybridized carbons (Fsp3) is 0.467. The minimum atomic E-state index is -0.391. The summed E-state index contributed by atoms with van der Waals surface area (Å²) in [6.07, 6.45) is 0.796. The molecule has 6 heteroatoms. The molecular weight excluding hydrogens is 275 g/mol. The van der Waals surface area contributed by atoms with Gasteiger partial charge >= 0.3 is 0 Å². The summed E-state index contributed by atoms with van der Waals surface area (Å²) >= 11 is 0. The lowest BCUT2D eigenvalue weighted by molar-refractivity contribution is -0.121. The number of hydrogen-bond donors (Lipinski definition) is 2. The van der Waals surface area contributed by atoms with Gasteiger partial charge in [-0.05, 0) is 19.1 Å². The molecule has 1 aliphatic heterocycles. The molecule has 1 amide bonds. The van der Waals surface area contributed by atoms with Gasteiger partial charge in [0.05, 0.1) is 12.3 Å². The van der Waals surface area contributed by atoms with E-state index in [0.717, 1.165) is 0 Å². The molecule has 0 radical (unpaired) electrons. The highest BCUT2D eigenvalue weighted by Crippen LogP contribution is 2.27. The summed E-state index contributed by atoms with van der Waals surface area (Å²) in [5, 5.41) is 12.7. The molecule has 21 heavy (non-hydrogen) atoms. The Balaban J connectivity index is 2.26. The second-order valence-corrected chi connectivity index (χ2v) is 5.11. The van der Waals surface area contributed by atoms with E-state index in [4.69, 9.17) is 9.84 Å². The number of hydrazone groups is 1. The quantitative estimate of drug-likeness (QED) is 0.813. The summed E-state index contributed by atoms with van der Waals surface area (Å²) in [5.41, 5.74) is 3.71. The number of aliphatic hydroxyl groups excluding tert-OH is 1. The number of ether oxygens (including phenoxy) is 1. The highest BCUT2D eigenvalue weighted by molar-refractivity contribution is 6.06. The van der Waals surface area contributed by atoms with Crippen LogP contribution in [0.2, 0.25) is 0 Å². The van der Waals surface area contributed by atoms with Crippen molar-refractivity contribution < 1.29 is 19.0 Å². The number of hydrogen-bond acceptors (Lipinski definition) is 4. The fourth-order valence-electron chi connectivity index (χ4n) is 2.25. The molecule has 1 heterocycles. The Morgan fingerprint density at radius 1 is 1.52 bits per heavy atom. The first-order valence-corrected chi connectivity index (χ1v) is 6.94. The van der Waals surface area contributed by atoms with Crippen LogP contribution in [-0.2, 0) is 4.79 Å². The van der Waals surface area contributed by atoms with Crippen molar-refractivity contribution in [2.45, 2.75) is 26.7 Å². The van der Waals surface area contributed by atoms with Crippen LogP contribution in [0.1, 0.15) is 30.9 Å². The van der Waals surface area contributed by atoms with Gasteiger partial charge in [-0.25, -0.2) is 9.82 Å².